The predicted octanol–water partition coefficient (Wildman–Crippen LogP) is 4.81. The molecule has 0 saturated heterocycles. The average Bonchev–Trinajstić information content (AvgIpc) is 2.51. The van der Waals surface area contributed by atoms with Crippen molar-refractivity contribution in [2.45, 2.75) is 45.4 Å². The summed E-state index contributed by atoms with van der Waals surface area (Å²) in [5.74, 6) is 2.58. The van der Waals surface area contributed by atoms with Gasteiger partial charge >= 0.3 is 0 Å². The highest BCUT2D eigenvalue weighted by atomic mass is 79.9. The topological polar surface area (TPSA) is 21.3 Å². The molecule has 1 aromatic rings. The maximum absolute atomic E-state index is 5.37. The lowest BCUT2D eigenvalue weighted by Crippen LogP contribution is -2.32. The van der Waals surface area contributed by atoms with E-state index in [0.717, 1.165) is 30.6 Å². The molecule has 2 nitrogen and oxygen atoms in total. The van der Waals surface area contributed by atoms with E-state index < -0.39 is 0 Å². The van der Waals surface area contributed by atoms with Crippen LogP contribution < -0.4 is 10.1 Å². The van der Waals surface area contributed by atoms with E-state index in [1.54, 1.807) is 7.11 Å². The Hall–Kier alpha value is -0.540. The zero-order chi connectivity index (χ0) is 15.1. The number of methoxy groups -OCH3 is 1. The lowest BCUT2D eigenvalue weighted by atomic mass is 9.76. The number of hydrogen-bond acceptors (Lipinski definition) is 2. The van der Waals surface area contributed by atoms with Gasteiger partial charge in [0.1, 0.15) is 5.75 Å². The molecular weight excluding hydrogens is 326 g/mol. The van der Waals surface area contributed by atoms with Crippen LogP contribution in [-0.2, 0) is 6.42 Å². The molecule has 0 amide bonds. The molecule has 2 unspecified atom stereocenters. The van der Waals surface area contributed by atoms with Crippen LogP contribution in [0.15, 0.2) is 22.7 Å². The summed E-state index contributed by atoms with van der Waals surface area (Å²) in [4.78, 5) is 0. The van der Waals surface area contributed by atoms with Crippen molar-refractivity contribution >= 4 is 15.9 Å². The molecule has 2 atom stereocenters. The normalized spacial score (nSPS) is 22.2. The zero-order valence-corrected chi connectivity index (χ0v) is 14.9. The molecule has 1 fully saturated rings. The Labute approximate surface area is 137 Å². The fourth-order valence-electron chi connectivity index (χ4n) is 3.40. The fraction of sp³-hybridized carbons (Fsp3) is 0.667. The molecular formula is C18H28BrNO. The minimum Gasteiger partial charge on any atom is -0.497 e. The van der Waals surface area contributed by atoms with Crippen molar-refractivity contribution in [2.75, 3.05) is 20.2 Å². The minimum absolute atomic E-state index is 0.798. The van der Waals surface area contributed by atoms with E-state index >= 15 is 0 Å². The summed E-state index contributed by atoms with van der Waals surface area (Å²) >= 11 is 3.70. The third kappa shape index (κ3) is 5.00. The van der Waals surface area contributed by atoms with E-state index in [0.29, 0.717) is 0 Å². The highest BCUT2D eigenvalue weighted by Gasteiger charge is 2.25. The lowest BCUT2D eigenvalue weighted by Gasteiger charge is -2.32. The predicted molar refractivity (Wildman–Crippen MR) is 93.0 cm³/mol. The molecule has 2 rings (SSSR count). The number of hydrogen-bond donors (Lipinski definition) is 1. The standard InChI is InChI=1S/C18H28BrNO/c1-3-10-20-13-15-7-5-4-6-14(15)11-16-12-17(21-2)8-9-18(16)19/h8-9,12,14-15,20H,3-7,10-11,13H2,1-2H3. The van der Waals surface area contributed by atoms with E-state index in [9.17, 15) is 0 Å². The first-order chi connectivity index (χ1) is 10.2. The number of benzene rings is 1. The van der Waals surface area contributed by atoms with Crippen LogP contribution in [0.1, 0.15) is 44.6 Å². The summed E-state index contributed by atoms with van der Waals surface area (Å²) in [6.07, 6.45) is 7.91. The Bertz CT molecular complexity index is 435. The van der Waals surface area contributed by atoms with Crippen LogP contribution in [0.3, 0.4) is 0 Å². The highest BCUT2D eigenvalue weighted by Crippen LogP contribution is 2.34. The summed E-state index contributed by atoms with van der Waals surface area (Å²) in [7, 11) is 1.74. The second-order valence-electron chi connectivity index (χ2n) is 6.17. The van der Waals surface area contributed by atoms with E-state index in [2.05, 4.69) is 40.3 Å². The smallest absolute Gasteiger partial charge is 0.119 e. The van der Waals surface area contributed by atoms with Gasteiger partial charge in [-0.1, -0.05) is 35.7 Å². The van der Waals surface area contributed by atoms with Crippen molar-refractivity contribution < 1.29 is 4.74 Å². The SMILES string of the molecule is CCCNCC1CCCCC1Cc1cc(OC)ccc1Br. The van der Waals surface area contributed by atoms with Crippen molar-refractivity contribution in [3.8, 4) is 5.75 Å². The monoisotopic (exact) mass is 353 g/mol. The molecule has 0 radical (unpaired) electrons. The van der Waals surface area contributed by atoms with E-state index in [4.69, 9.17) is 4.74 Å². The van der Waals surface area contributed by atoms with Gasteiger partial charge in [0.15, 0.2) is 0 Å². The summed E-state index contributed by atoms with van der Waals surface area (Å²) in [5.41, 5.74) is 1.39. The molecule has 1 saturated carbocycles. The molecule has 0 aromatic heterocycles. The first-order valence-electron chi connectivity index (χ1n) is 8.27. The van der Waals surface area contributed by atoms with Gasteiger partial charge in [0, 0.05) is 4.47 Å². The summed E-state index contributed by atoms with van der Waals surface area (Å²) in [6.45, 7) is 4.56. The molecule has 1 aliphatic rings. The van der Waals surface area contributed by atoms with Gasteiger partial charge in [-0.2, -0.15) is 0 Å². The summed E-state index contributed by atoms with van der Waals surface area (Å²) in [5, 5.41) is 3.62. The van der Waals surface area contributed by atoms with Crippen molar-refractivity contribution in [2.24, 2.45) is 11.8 Å². The molecule has 1 N–H and O–H groups in total. The Balaban J connectivity index is 2.01. The molecule has 1 aromatic carbocycles. The van der Waals surface area contributed by atoms with E-state index in [1.807, 2.05) is 6.07 Å². The highest BCUT2D eigenvalue weighted by molar-refractivity contribution is 9.10. The van der Waals surface area contributed by atoms with Gasteiger partial charge in [0.05, 0.1) is 7.11 Å². The van der Waals surface area contributed by atoms with Crippen LogP contribution in [0.25, 0.3) is 0 Å². The van der Waals surface area contributed by atoms with Crippen LogP contribution in [-0.4, -0.2) is 20.2 Å². The number of ether oxygens (including phenoxy) is 1. The number of halogens is 1. The van der Waals surface area contributed by atoms with Crippen LogP contribution >= 0.6 is 15.9 Å². The molecule has 0 spiro atoms. The van der Waals surface area contributed by atoms with Gasteiger partial charge in [-0.05, 0) is 74.4 Å². The minimum atomic E-state index is 0.798. The number of rotatable bonds is 7. The molecule has 3 heteroatoms. The maximum Gasteiger partial charge on any atom is 0.119 e. The van der Waals surface area contributed by atoms with Gasteiger partial charge in [0.2, 0.25) is 0 Å². The van der Waals surface area contributed by atoms with Crippen molar-refractivity contribution in [3.05, 3.63) is 28.2 Å². The first kappa shape index (κ1) is 16.8. The molecule has 0 aliphatic heterocycles. The van der Waals surface area contributed by atoms with Crippen LogP contribution in [0, 0.1) is 11.8 Å². The second kappa shape index (κ2) is 8.79. The van der Waals surface area contributed by atoms with E-state index in [1.165, 1.54) is 48.7 Å². The first-order valence-corrected chi connectivity index (χ1v) is 9.07. The van der Waals surface area contributed by atoms with Gasteiger partial charge in [0.25, 0.3) is 0 Å². The Kier molecular flexibility index (Phi) is 7.05. The lowest BCUT2D eigenvalue weighted by molar-refractivity contribution is 0.228. The molecule has 0 bridgehead atoms. The van der Waals surface area contributed by atoms with Gasteiger partial charge < -0.3 is 10.1 Å². The molecule has 118 valence electrons. The van der Waals surface area contributed by atoms with Crippen molar-refractivity contribution in [1.29, 1.82) is 0 Å². The largest absolute Gasteiger partial charge is 0.497 e. The van der Waals surface area contributed by atoms with Gasteiger partial charge in [-0.3, -0.25) is 0 Å². The van der Waals surface area contributed by atoms with Crippen LogP contribution in [0.4, 0.5) is 0 Å². The Morgan fingerprint density at radius 3 is 2.71 bits per heavy atom. The van der Waals surface area contributed by atoms with Crippen molar-refractivity contribution in [1.82, 2.24) is 5.32 Å². The summed E-state index contributed by atoms with van der Waals surface area (Å²) in [6, 6.07) is 6.32. The van der Waals surface area contributed by atoms with Gasteiger partial charge in [-0.15, -0.1) is 0 Å². The average molecular weight is 354 g/mol. The quantitative estimate of drug-likeness (QED) is 0.710. The zero-order valence-electron chi connectivity index (χ0n) is 13.3. The Morgan fingerprint density at radius 2 is 2.00 bits per heavy atom. The van der Waals surface area contributed by atoms with Gasteiger partial charge in [-0.25, -0.2) is 0 Å². The Morgan fingerprint density at radius 1 is 1.24 bits per heavy atom. The third-order valence-corrected chi connectivity index (χ3v) is 5.41. The van der Waals surface area contributed by atoms with Crippen LogP contribution in [0.5, 0.6) is 5.75 Å². The second-order valence-corrected chi connectivity index (χ2v) is 7.02. The fourth-order valence-corrected chi connectivity index (χ4v) is 3.81. The molecule has 0 heterocycles. The molecule has 21 heavy (non-hydrogen) atoms. The van der Waals surface area contributed by atoms with Crippen molar-refractivity contribution in [3.63, 3.8) is 0 Å². The van der Waals surface area contributed by atoms with E-state index in [-0.39, 0.29) is 0 Å². The van der Waals surface area contributed by atoms with Crippen LogP contribution in [0.2, 0.25) is 0 Å². The molecule has 1 aliphatic carbocycles. The third-order valence-electron chi connectivity index (χ3n) is 4.63. The summed E-state index contributed by atoms with van der Waals surface area (Å²) < 4.78 is 6.59. The number of nitrogens with one attached hydrogen (secondary N) is 1. The maximum atomic E-state index is 5.37.